The first-order valence-electron chi connectivity index (χ1n) is 7.40. The van der Waals surface area contributed by atoms with Crippen molar-refractivity contribution in [3.8, 4) is 6.07 Å². The molecule has 0 atom stereocenters. The van der Waals surface area contributed by atoms with Gasteiger partial charge in [0.25, 0.3) is 0 Å². The van der Waals surface area contributed by atoms with Gasteiger partial charge >= 0.3 is 5.97 Å². The lowest BCUT2D eigenvalue weighted by Gasteiger charge is -2.17. The van der Waals surface area contributed by atoms with Crippen molar-refractivity contribution in [3.63, 3.8) is 0 Å². The number of fused-ring (bicyclic) bond motifs is 1. The Morgan fingerprint density at radius 3 is 2.71 bits per heavy atom. The molecule has 1 aliphatic heterocycles. The minimum Gasteiger partial charge on any atom is -0.478 e. The third-order valence-corrected chi connectivity index (χ3v) is 4.07. The normalized spacial score (nSPS) is 14.7. The van der Waals surface area contributed by atoms with Crippen molar-refractivity contribution in [2.24, 2.45) is 5.41 Å². The molecule has 112 valence electrons. The monoisotopic (exact) mass is 286 g/mol. The number of hydrogen-bond donors (Lipinski definition) is 1. The van der Waals surface area contributed by atoms with Crippen LogP contribution in [-0.4, -0.2) is 22.5 Å². The van der Waals surface area contributed by atoms with Crippen molar-refractivity contribution in [1.29, 1.82) is 5.26 Å². The summed E-state index contributed by atoms with van der Waals surface area (Å²) < 4.78 is 0. The van der Waals surface area contributed by atoms with Crippen LogP contribution in [0.4, 0.5) is 0 Å². The van der Waals surface area contributed by atoms with E-state index >= 15 is 0 Å². The SMILES string of the molecule is CC(C)(C#N)CCCCN1Cc2ccc(C(=O)O)cc2C1. The molecule has 0 unspecified atom stereocenters. The number of carbonyl (C=O) groups is 1. The maximum Gasteiger partial charge on any atom is 0.335 e. The zero-order valence-electron chi connectivity index (χ0n) is 12.7. The van der Waals surface area contributed by atoms with Gasteiger partial charge in [0.15, 0.2) is 0 Å². The minimum atomic E-state index is -0.866. The van der Waals surface area contributed by atoms with Gasteiger partial charge in [-0.2, -0.15) is 5.26 Å². The fourth-order valence-corrected chi connectivity index (χ4v) is 2.71. The molecule has 2 rings (SSSR count). The Morgan fingerprint density at radius 2 is 2.05 bits per heavy atom. The van der Waals surface area contributed by atoms with Crippen LogP contribution in [0.15, 0.2) is 18.2 Å². The number of carboxylic acids is 1. The van der Waals surface area contributed by atoms with Crippen LogP contribution in [0.3, 0.4) is 0 Å². The lowest BCUT2D eigenvalue weighted by molar-refractivity contribution is 0.0696. The van der Waals surface area contributed by atoms with Crippen molar-refractivity contribution in [2.75, 3.05) is 6.54 Å². The van der Waals surface area contributed by atoms with Crippen molar-refractivity contribution in [2.45, 2.75) is 46.2 Å². The van der Waals surface area contributed by atoms with E-state index in [-0.39, 0.29) is 5.41 Å². The smallest absolute Gasteiger partial charge is 0.335 e. The summed E-state index contributed by atoms with van der Waals surface area (Å²) in [6.45, 7) is 6.69. The van der Waals surface area contributed by atoms with Gasteiger partial charge in [0.2, 0.25) is 0 Å². The van der Waals surface area contributed by atoms with Gasteiger partial charge in [-0.05, 0) is 56.5 Å². The van der Waals surface area contributed by atoms with E-state index in [1.807, 2.05) is 19.9 Å². The van der Waals surface area contributed by atoms with Gasteiger partial charge < -0.3 is 5.11 Å². The van der Waals surface area contributed by atoms with Gasteiger partial charge in [-0.1, -0.05) is 12.5 Å². The fourth-order valence-electron chi connectivity index (χ4n) is 2.71. The van der Waals surface area contributed by atoms with Crippen molar-refractivity contribution in [3.05, 3.63) is 34.9 Å². The van der Waals surface area contributed by atoms with Crippen molar-refractivity contribution >= 4 is 5.97 Å². The minimum absolute atomic E-state index is 0.232. The van der Waals surface area contributed by atoms with E-state index in [9.17, 15) is 4.79 Å². The number of unbranched alkanes of at least 4 members (excludes halogenated alkanes) is 1. The molecule has 21 heavy (non-hydrogen) atoms. The average molecular weight is 286 g/mol. The molecule has 0 spiro atoms. The van der Waals surface area contributed by atoms with Crippen LogP contribution < -0.4 is 0 Å². The Morgan fingerprint density at radius 1 is 1.33 bits per heavy atom. The van der Waals surface area contributed by atoms with Crippen LogP contribution >= 0.6 is 0 Å². The average Bonchev–Trinajstić information content (AvgIpc) is 2.85. The Balaban J connectivity index is 1.81. The number of nitriles is 1. The summed E-state index contributed by atoms with van der Waals surface area (Å²) in [5.41, 5.74) is 2.50. The first kappa shape index (κ1) is 15.5. The van der Waals surface area contributed by atoms with E-state index in [2.05, 4.69) is 11.0 Å². The molecule has 1 N–H and O–H groups in total. The number of carboxylic acid groups (broad SMARTS) is 1. The highest BCUT2D eigenvalue weighted by molar-refractivity contribution is 5.87. The zero-order chi connectivity index (χ0) is 15.5. The summed E-state index contributed by atoms with van der Waals surface area (Å²) in [5.74, 6) is -0.866. The van der Waals surface area contributed by atoms with Gasteiger partial charge in [0.05, 0.1) is 17.0 Å². The predicted octanol–water partition coefficient (Wildman–Crippen LogP) is 3.42. The van der Waals surface area contributed by atoms with E-state index < -0.39 is 5.97 Å². The lowest BCUT2D eigenvalue weighted by Crippen LogP contribution is -2.18. The molecule has 0 saturated carbocycles. The zero-order valence-corrected chi connectivity index (χ0v) is 12.7. The predicted molar refractivity (Wildman–Crippen MR) is 80.8 cm³/mol. The molecule has 0 bridgehead atoms. The second-order valence-corrected chi connectivity index (χ2v) is 6.45. The molecule has 1 heterocycles. The van der Waals surface area contributed by atoms with Gasteiger partial charge in [-0.25, -0.2) is 4.79 Å². The number of hydrogen-bond acceptors (Lipinski definition) is 3. The number of rotatable bonds is 6. The summed E-state index contributed by atoms with van der Waals surface area (Å²) in [6, 6.07) is 7.73. The first-order valence-corrected chi connectivity index (χ1v) is 7.40. The highest BCUT2D eigenvalue weighted by Gasteiger charge is 2.20. The van der Waals surface area contributed by atoms with E-state index in [4.69, 9.17) is 10.4 Å². The molecule has 4 nitrogen and oxygen atoms in total. The molecule has 0 radical (unpaired) electrons. The Kier molecular flexibility index (Phi) is 4.64. The van der Waals surface area contributed by atoms with Gasteiger partial charge in [0.1, 0.15) is 0 Å². The molecule has 4 heteroatoms. The first-order chi connectivity index (χ1) is 9.91. The second-order valence-electron chi connectivity index (χ2n) is 6.45. The van der Waals surface area contributed by atoms with Gasteiger partial charge in [-0.3, -0.25) is 4.90 Å². The Hall–Kier alpha value is -1.86. The molecule has 0 amide bonds. The molecule has 1 aromatic rings. The van der Waals surface area contributed by atoms with Crippen molar-refractivity contribution < 1.29 is 9.90 Å². The van der Waals surface area contributed by atoms with Crippen LogP contribution in [0, 0.1) is 16.7 Å². The number of benzene rings is 1. The van der Waals surface area contributed by atoms with Crippen LogP contribution in [0.25, 0.3) is 0 Å². The highest BCUT2D eigenvalue weighted by atomic mass is 16.4. The van der Waals surface area contributed by atoms with Crippen LogP contribution in [0.5, 0.6) is 0 Å². The second kappa shape index (κ2) is 6.28. The van der Waals surface area contributed by atoms with Crippen LogP contribution in [-0.2, 0) is 13.1 Å². The van der Waals surface area contributed by atoms with E-state index in [1.165, 1.54) is 5.56 Å². The third kappa shape index (κ3) is 4.05. The molecular formula is C17H22N2O2. The van der Waals surface area contributed by atoms with E-state index in [1.54, 1.807) is 12.1 Å². The Bertz CT molecular complexity index is 573. The number of nitrogens with zero attached hydrogens (tertiary/aromatic N) is 2. The van der Waals surface area contributed by atoms with Crippen molar-refractivity contribution in [1.82, 2.24) is 4.90 Å². The summed E-state index contributed by atoms with van der Waals surface area (Å²) in [4.78, 5) is 13.3. The maximum atomic E-state index is 11.0. The Labute approximate surface area is 126 Å². The standard InChI is InChI=1S/C17H22N2O2/c1-17(2,12-18)7-3-4-8-19-10-14-6-5-13(16(20)21)9-15(14)11-19/h5-6,9H,3-4,7-8,10-11H2,1-2H3,(H,20,21). The molecule has 1 aromatic carbocycles. The molecule has 0 aromatic heterocycles. The molecule has 0 aliphatic carbocycles. The summed E-state index contributed by atoms with van der Waals surface area (Å²) in [7, 11) is 0. The summed E-state index contributed by atoms with van der Waals surface area (Å²) >= 11 is 0. The van der Waals surface area contributed by atoms with Crippen LogP contribution in [0.2, 0.25) is 0 Å². The molecule has 1 aliphatic rings. The largest absolute Gasteiger partial charge is 0.478 e. The maximum absolute atomic E-state index is 11.0. The molecule has 0 saturated heterocycles. The number of aromatic carboxylic acids is 1. The van der Waals surface area contributed by atoms with Gasteiger partial charge in [-0.15, -0.1) is 0 Å². The highest BCUT2D eigenvalue weighted by Crippen LogP contribution is 2.25. The molecule has 0 fully saturated rings. The quantitative estimate of drug-likeness (QED) is 0.814. The molecular weight excluding hydrogens is 264 g/mol. The fraction of sp³-hybridized carbons (Fsp3) is 0.529. The summed E-state index contributed by atoms with van der Waals surface area (Å²) in [5, 5.41) is 18.0. The topological polar surface area (TPSA) is 64.3 Å². The van der Waals surface area contributed by atoms with E-state index in [0.29, 0.717) is 5.56 Å². The third-order valence-electron chi connectivity index (χ3n) is 4.07. The van der Waals surface area contributed by atoms with Crippen LogP contribution in [0.1, 0.15) is 54.6 Å². The lowest BCUT2D eigenvalue weighted by atomic mass is 9.89. The van der Waals surface area contributed by atoms with E-state index in [0.717, 1.165) is 44.5 Å². The van der Waals surface area contributed by atoms with Gasteiger partial charge in [0, 0.05) is 13.1 Å². The summed E-state index contributed by atoms with van der Waals surface area (Å²) in [6.07, 6.45) is 3.05.